The summed E-state index contributed by atoms with van der Waals surface area (Å²) in [5.74, 6) is 1.06. The van der Waals surface area contributed by atoms with Crippen LogP contribution >= 0.6 is 23.6 Å². The smallest absolute Gasteiger partial charge is 0.264 e. The molecule has 0 fully saturated rings. The molecule has 2 aromatic heterocycles. The van der Waals surface area contributed by atoms with Gasteiger partial charge >= 0.3 is 0 Å². The van der Waals surface area contributed by atoms with E-state index in [4.69, 9.17) is 21.7 Å². The maximum atomic E-state index is 12.8. The van der Waals surface area contributed by atoms with E-state index in [-0.39, 0.29) is 10.7 Å². The Labute approximate surface area is 187 Å². The molecule has 0 unspecified atom stereocenters. The first kappa shape index (κ1) is 20.7. The molecule has 0 aliphatic carbocycles. The predicted octanol–water partition coefficient (Wildman–Crippen LogP) is 3.31. The molecule has 0 saturated heterocycles. The van der Waals surface area contributed by atoms with Crippen LogP contribution in [-0.2, 0) is 0 Å². The molecule has 0 atom stereocenters. The predicted molar refractivity (Wildman–Crippen MR) is 122 cm³/mol. The van der Waals surface area contributed by atoms with Gasteiger partial charge in [-0.15, -0.1) is 10.2 Å². The number of methoxy groups -OCH3 is 2. The molecule has 0 saturated carbocycles. The number of fused-ring (bicyclic) bond motifs is 1. The molecule has 9 nitrogen and oxygen atoms in total. The van der Waals surface area contributed by atoms with E-state index >= 15 is 0 Å². The summed E-state index contributed by atoms with van der Waals surface area (Å²) in [6.07, 6.45) is 0. The van der Waals surface area contributed by atoms with E-state index in [0.29, 0.717) is 17.2 Å². The van der Waals surface area contributed by atoms with Crippen molar-refractivity contribution in [3.8, 4) is 22.1 Å². The first-order chi connectivity index (χ1) is 15.0. The highest BCUT2D eigenvalue weighted by molar-refractivity contribution is 7.80. The topological polar surface area (TPSA) is 103 Å². The molecule has 0 spiro atoms. The summed E-state index contributed by atoms with van der Waals surface area (Å²) in [6.45, 7) is 1.85. The number of hydrogen-bond donors (Lipinski definition) is 2. The lowest BCUT2D eigenvalue weighted by molar-refractivity contribution is 0.0971. The number of ether oxygens (including phenoxy) is 2. The van der Waals surface area contributed by atoms with Crippen LogP contribution in [0.25, 0.3) is 15.5 Å². The summed E-state index contributed by atoms with van der Waals surface area (Å²) in [6, 6.07) is 12.7. The number of amides is 1. The lowest BCUT2D eigenvalue weighted by Crippen LogP contribution is -2.34. The Morgan fingerprint density at radius 3 is 2.48 bits per heavy atom. The van der Waals surface area contributed by atoms with Gasteiger partial charge in [0.05, 0.1) is 14.2 Å². The molecule has 4 aromatic rings. The molecule has 0 bridgehead atoms. The van der Waals surface area contributed by atoms with Crippen LogP contribution in [0, 0.1) is 6.92 Å². The van der Waals surface area contributed by atoms with Crippen LogP contribution in [0.1, 0.15) is 16.2 Å². The van der Waals surface area contributed by atoms with Crippen molar-refractivity contribution in [1.82, 2.24) is 25.1 Å². The van der Waals surface area contributed by atoms with Gasteiger partial charge in [-0.3, -0.25) is 10.1 Å². The molecule has 0 aliphatic rings. The number of anilines is 1. The second kappa shape index (κ2) is 8.66. The van der Waals surface area contributed by atoms with Crippen LogP contribution in [0.2, 0.25) is 0 Å². The van der Waals surface area contributed by atoms with Gasteiger partial charge < -0.3 is 14.8 Å². The molecule has 1 amide bonds. The van der Waals surface area contributed by atoms with Crippen molar-refractivity contribution < 1.29 is 14.3 Å². The van der Waals surface area contributed by atoms with Crippen molar-refractivity contribution >= 4 is 45.2 Å². The zero-order valence-corrected chi connectivity index (χ0v) is 18.5. The van der Waals surface area contributed by atoms with Gasteiger partial charge in [-0.2, -0.15) is 9.61 Å². The molecule has 158 valence electrons. The summed E-state index contributed by atoms with van der Waals surface area (Å²) < 4.78 is 12.3. The highest BCUT2D eigenvalue weighted by atomic mass is 32.1. The Kier molecular flexibility index (Phi) is 5.78. The standard InChI is InChI=1S/C20H18N6O3S2/c1-11-23-24-20-26(11)25-18(31-20)12-6-4-7-13(10-12)21-19(30)22-17(27)16-14(28-2)8-5-9-15(16)29-3/h4-10H,1-3H3,(H2,21,22,27,30). The minimum absolute atomic E-state index is 0.143. The molecule has 0 radical (unpaired) electrons. The van der Waals surface area contributed by atoms with Gasteiger partial charge in [0.1, 0.15) is 22.1 Å². The lowest BCUT2D eigenvalue weighted by atomic mass is 10.1. The van der Waals surface area contributed by atoms with E-state index in [2.05, 4.69) is 25.9 Å². The third-order valence-corrected chi connectivity index (χ3v) is 5.55. The van der Waals surface area contributed by atoms with Crippen molar-refractivity contribution in [2.45, 2.75) is 6.92 Å². The Hall–Kier alpha value is -3.57. The Morgan fingerprint density at radius 2 is 1.81 bits per heavy atom. The highest BCUT2D eigenvalue weighted by Crippen LogP contribution is 2.29. The van der Waals surface area contributed by atoms with E-state index in [1.807, 2.05) is 31.2 Å². The maximum Gasteiger partial charge on any atom is 0.264 e. The Morgan fingerprint density at radius 1 is 1.10 bits per heavy atom. The van der Waals surface area contributed by atoms with E-state index in [1.54, 1.807) is 22.7 Å². The lowest BCUT2D eigenvalue weighted by Gasteiger charge is -2.14. The zero-order valence-electron chi connectivity index (χ0n) is 16.9. The molecule has 0 aliphatic heterocycles. The van der Waals surface area contributed by atoms with Gasteiger partial charge in [0.2, 0.25) is 4.96 Å². The number of aromatic nitrogens is 4. The third-order valence-electron chi connectivity index (χ3n) is 4.40. The van der Waals surface area contributed by atoms with E-state index in [0.717, 1.165) is 21.4 Å². The second-order valence-corrected chi connectivity index (χ2v) is 7.74. The van der Waals surface area contributed by atoms with Gasteiger partial charge in [0.25, 0.3) is 5.91 Å². The van der Waals surface area contributed by atoms with E-state index < -0.39 is 5.91 Å². The summed E-state index contributed by atoms with van der Waals surface area (Å²) in [5, 5.41) is 19.3. The molecule has 31 heavy (non-hydrogen) atoms. The average Bonchev–Trinajstić information content (AvgIpc) is 3.35. The first-order valence-electron chi connectivity index (χ1n) is 9.12. The van der Waals surface area contributed by atoms with Crippen molar-refractivity contribution in [2.24, 2.45) is 0 Å². The summed E-state index contributed by atoms with van der Waals surface area (Å²) in [5.41, 5.74) is 1.86. The Bertz CT molecular complexity index is 1260. The summed E-state index contributed by atoms with van der Waals surface area (Å²) in [7, 11) is 2.97. The molecule has 2 heterocycles. The number of benzene rings is 2. The van der Waals surface area contributed by atoms with Crippen LogP contribution in [0.3, 0.4) is 0 Å². The van der Waals surface area contributed by atoms with Crippen molar-refractivity contribution in [2.75, 3.05) is 19.5 Å². The Balaban J connectivity index is 1.51. The van der Waals surface area contributed by atoms with Crippen LogP contribution in [-0.4, -0.2) is 45.1 Å². The van der Waals surface area contributed by atoms with Crippen LogP contribution in [0.15, 0.2) is 42.5 Å². The van der Waals surface area contributed by atoms with Crippen molar-refractivity contribution in [3.63, 3.8) is 0 Å². The van der Waals surface area contributed by atoms with Crippen LogP contribution < -0.4 is 20.1 Å². The molecule has 11 heteroatoms. The number of hydrogen-bond acceptors (Lipinski definition) is 8. The van der Waals surface area contributed by atoms with Gasteiger partial charge in [-0.05, 0) is 43.4 Å². The summed E-state index contributed by atoms with van der Waals surface area (Å²) >= 11 is 6.76. The first-order valence-corrected chi connectivity index (χ1v) is 10.3. The monoisotopic (exact) mass is 454 g/mol. The maximum absolute atomic E-state index is 12.8. The SMILES string of the molecule is COc1cccc(OC)c1C(=O)NC(=S)Nc1cccc(-c2nn3c(C)nnc3s2)c1. The van der Waals surface area contributed by atoms with Gasteiger partial charge in [-0.1, -0.05) is 29.5 Å². The molecule has 4 rings (SSSR count). The quantitative estimate of drug-likeness (QED) is 0.443. The number of aryl methyl sites for hydroxylation is 1. The van der Waals surface area contributed by atoms with Crippen LogP contribution in [0.4, 0.5) is 5.69 Å². The number of nitrogens with one attached hydrogen (secondary N) is 2. The van der Waals surface area contributed by atoms with Gasteiger partial charge in [0.15, 0.2) is 10.9 Å². The van der Waals surface area contributed by atoms with Crippen molar-refractivity contribution in [3.05, 3.63) is 53.9 Å². The molecule has 2 aromatic carbocycles. The van der Waals surface area contributed by atoms with Crippen molar-refractivity contribution in [1.29, 1.82) is 0 Å². The van der Waals surface area contributed by atoms with E-state index in [9.17, 15) is 4.79 Å². The fourth-order valence-electron chi connectivity index (χ4n) is 2.96. The second-order valence-electron chi connectivity index (χ2n) is 6.38. The number of carbonyl (C=O) groups is 1. The molecule has 2 N–H and O–H groups in total. The third kappa shape index (κ3) is 4.18. The van der Waals surface area contributed by atoms with Gasteiger partial charge in [-0.25, -0.2) is 0 Å². The molecular weight excluding hydrogens is 436 g/mol. The zero-order chi connectivity index (χ0) is 22.0. The summed E-state index contributed by atoms with van der Waals surface area (Å²) in [4.78, 5) is 13.5. The average molecular weight is 455 g/mol. The van der Waals surface area contributed by atoms with Crippen LogP contribution in [0.5, 0.6) is 11.5 Å². The largest absolute Gasteiger partial charge is 0.496 e. The van der Waals surface area contributed by atoms with E-state index in [1.165, 1.54) is 25.6 Å². The molecular formula is C20H18N6O3S2. The highest BCUT2D eigenvalue weighted by Gasteiger charge is 2.19. The van der Waals surface area contributed by atoms with Gasteiger partial charge in [0, 0.05) is 11.3 Å². The number of thiocarbonyl (C=S) groups is 1. The minimum atomic E-state index is -0.438. The minimum Gasteiger partial charge on any atom is -0.496 e. The normalized spacial score (nSPS) is 10.7. The number of carbonyl (C=O) groups excluding carboxylic acids is 1. The fraction of sp³-hybridized carbons (Fsp3) is 0.150. The number of nitrogens with zero attached hydrogens (tertiary/aromatic N) is 4. The fourth-order valence-corrected chi connectivity index (χ4v) is 4.06. The number of rotatable bonds is 5.